The number of hydrogen-bond donors (Lipinski definition) is 2. The van der Waals surface area contributed by atoms with Crippen LogP contribution in [0, 0.1) is 0 Å². The average Bonchev–Trinajstić information content (AvgIpc) is 2.87. The molecule has 0 spiro atoms. The molecule has 0 saturated carbocycles. The molecule has 1 unspecified atom stereocenters. The lowest BCUT2D eigenvalue weighted by Gasteiger charge is -2.19. The van der Waals surface area contributed by atoms with E-state index in [4.69, 9.17) is 5.11 Å². The number of nitrogens with zero attached hydrogens (tertiary/aromatic N) is 2. The second kappa shape index (κ2) is 6.01. The van der Waals surface area contributed by atoms with Gasteiger partial charge < -0.3 is 10.2 Å². The fraction of sp³-hybridized carbons (Fsp3) is 0.500. The molecule has 24 heavy (non-hydrogen) atoms. The second-order valence-electron chi connectivity index (χ2n) is 6.31. The van der Waals surface area contributed by atoms with Crippen molar-refractivity contribution < 1.29 is 19.8 Å². The number of fused-ring (bicyclic) bond motifs is 3. The van der Waals surface area contributed by atoms with Gasteiger partial charge in [0.25, 0.3) is 5.56 Å². The van der Waals surface area contributed by atoms with Crippen molar-refractivity contribution in [1.82, 2.24) is 9.55 Å². The molecule has 1 aliphatic carbocycles. The van der Waals surface area contributed by atoms with Gasteiger partial charge in [0, 0.05) is 10.8 Å². The molecule has 2 aromatic rings. The highest BCUT2D eigenvalue weighted by atomic mass is 32.1. The number of aromatic nitrogens is 2. The van der Waals surface area contributed by atoms with Gasteiger partial charge in [-0.3, -0.25) is 19.0 Å². The van der Waals surface area contributed by atoms with Gasteiger partial charge in [0.2, 0.25) is 0 Å². The van der Waals surface area contributed by atoms with Crippen molar-refractivity contribution in [1.29, 1.82) is 0 Å². The van der Waals surface area contributed by atoms with Gasteiger partial charge in [0.15, 0.2) is 0 Å². The largest absolute Gasteiger partial charge is 0.481 e. The van der Waals surface area contributed by atoms with Crippen LogP contribution in [0.15, 0.2) is 4.79 Å². The van der Waals surface area contributed by atoms with Gasteiger partial charge in [0.05, 0.1) is 11.3 Å². The van der Waals surface area contributed by atoms with E-state index < -0.39 is 30.0 Å². The van der Waals surface area contributed by atoms with Crippen molar-refractivity contribution in [2.75, 3.05) is 0 Å². The van der Waals surface area contributed by atoms with Crippen LogP contribution in [0.1, 0.15) is 54.8 Å². The summed E-state index contributed by atoms with van der Waals surface area (Å²) in [4.78, 5) is 41.6. The molecular formula is C16H18N2O5S. The molecule has 128 valence electrons. The minimum atomic E-state index is -1.13. The summed E-state index contributed by atoms with van der Waals surface area (Å²) in [5, 5.41) is 18.9. The molecule has 2 heterocycles. The summed E-state index contributed by atoms with van der Waals surface area (Å²) in [5.74, 6) is -2.50. The van der Waals surface area contributed by atoms with Gasteiger partial charge in [-0.05, 0) is 24.8 Å². The van der Waals surface area contributed by atoms with Crippen LogP contribution in [-0.2, 0) is 22.6 Å². The number of thiophene rings is 1. The number of hydrogen-bond acceptors (Lipinski definition) is 5. The summed E-state index contributed by atoms with van der Waals surface area (Å²) in [5.41, 5.74) is 0.0949. The SMILES string of the molecule is CC(C)c1nc2sc3c(c2c(=O)n1CC(=O)O)C(C(=O)O)CCC3. The normalized spacial score (nSPS) is 17.2. The zero-order valence-corrected chi connectivity index (χ0v) is 14.2. The Bertz CT molecular complexity index is 896. The Hall–Kier alpha value is -2.22. The zero-order valence-electron chi connectivity index (χ0n) is 13.4. The minimum absolute atomic E-state index is 0.115. The Morgan fingerprint density at radius 3 is 2.67 bits per heavy atom. The molecule has 0 aromatic carbocycles. The second-order valence-corrected chi connectivity index (χ2v) is 7.40. The lowest BCUT2D eigenvalue weighted by molar-refractivity contribution is -0.139. The lowest BCUT2D eigenvalue weighted by Crippen LogP contribution is -2.30. The van der Waals surface area contributed by atoms with Crippen LogP contribution >= 0.6 is 11.3 Å². The van der Waals surface area contributed by atoms with Crippen LogP contribution in [0.4, 0.5) is 0 Å². The first-order chi connectivity index (χ1) is 11.3. The van der Waals surface area contributed by atoms with Crippen LogP contribution in [0.5, 0.6) is 0 Å². The molecule has 2 aromatic heterocycles. The highest BCUT2D eigenvalue weighted by Crippen LogP contribution is 2.40. The molecule has 0 radical (unpaired) electrons. The molecule has 0 bridgehead atoms. The van der Waals surface area contributed by atoms with Gasteiger partial charge in [-0.2, -0.15) is 0 Å². The van der Waals surface area contributed by atoms with E-state index in [1.54, 1.807) is 0 Å². The molecule has 0 amide bonds. The Morgan fingerprint density at radius 2 is 2.08 bits per heavy atom. The van der Waals surface area contributed by atoms with Crippen molar-refractivity contribution in [2.45, 2.75) is 51.5 Å². The van der Waals surface area contributed by atoms with E-state index in [1.807, 2.05) is 13.8 Å². The first-order valence-electron chi connectivity index (χ1n) is 7.81. The molecule has 3 rings (SSSR count). The van der Waals surface area contributed by atoms with Crippen molar-refractivity contribution in [3.05, 3.63) is 26.6 Å². The van der Waals surface area contributed by atoms with Crippen LogP contribution < -0.4 is 5.56 Å². The summed E-state index contributed by atoms with van der Waals surface area (Å²) < 4.78 is 1.16. The van der Waals surface area contributed by atoms with Crippen LogP contribution in [0.25, 0.3) is 10.2 Å². The fourth-order valence-electron chi connectivity index (χ4n) is 3.31. The maximum atomic E-state index is 13.0. The van der Waals surface area contributed by atoms with E-state index in [0.29, 0.717) is 22.6 Å². The average molecular weight is 350 g/mol. The number of aliphatic carboxylic acids is 2. The Morgan fingerprint density at radius 1 is 1.38 bits per heavy atom. The zero-order chi connectivity index (χ0) is 17.6. The maximum Gasteiger partial charge on any atom is 0.323 e. The summed E-state index contributed by atoms with van der Waals surface area (Å²) in [6.07, 6.45) is 1.98. The molecule has 1 atom stereocenters. The maximum absolute atomic E-state index is 13.0. The van der Waals surface area contributed by atoms with E-state index in [1.165, 1.54) is 11.3 Å². The highest BCUT2D eigenvalue weighted by Gasteiger charge is 2.32. The van der Waals surface area contributed by atoms with Crippen LogP contribution in [0.3, 0.4) is 0 Å². The predicted molar refractivity (Wildman–Crippen MR) is 88.9 cm³/mol. The standard InChI is InChI=1S/C16H18N2O5S/c1-7(2)13-17-14-12(15(21)18(13)6-10(19)20)11-8(16(22)23)4-3-5-9(11)24-14/h7-8H,3-6H2,1-2H3,(H,19,20)(H,22,23). The fourth-order valence-corrected chi connectivity index (χ4v) is 4.58. The topological polar surface area (TPSA) is 109 Å². The van der Waals surface area contributed by atoms with Crippen molar-refractivity contribution in [3.63, 3.8) is 0 Å². The third-order valence-electron chi connectivity index (χ3n) is 4.31. The Kier molecular flexibility index (Phi) is 4.16. The van der Waals surface area contributed by atoms with E-state index in [-0.39, 0.29) is 11.3 Å². The molecule has 1 aliphatic rings. The first-order valence-corrected chi connectivity index (χ1v) is 8.63. The Labute approximate surface area is 141 Å². The molecule has 2 N–H and O–H groups in total. The summed E-state index contributed by atoms with van der Waals surface area (Å²) >= 11 is 1.36. The first kappa shape index (κ1) is 16.6. The number of carbonyl (C=O) groups is 2. The van der Waals surface area contributed by atoms with Crippen LogP contribution in [0.2, 0.25) is 0 Å². The van der Waals surface area contributed by atoms with E-state index >= 15 is 0 Å². The quantitative estimate of drug-likeness (QED) is 0.874. The van der Waals surface area contributed by atoms with Gasteiger partial charge in [-0.15, -0.1) is 11.3 Å². The third kappa shape index (κ3) is 2.60. The van der Waals surface area contributed by atoms with Crippen molar-refractivity contribution >= 4 is 33.5 Å². The molecule has 0 aliphatic heterocycles. The van der Waals surface area contributed by atoms with E-state index in [2.05, 4.69) is 4.98 Å². The number of rotatable bonds is 4. The third-order valence-corrected chi connectivity index (χ3v) is 5.47. The van der Waals surface area contributed by atoms with Gasteiger partial charge >= 0.3 is 11.9 Å². The molecule has 8 heteroatoms. The Balaban J connectivity index is 2.36. The number of carboxylic acids is 2. The van der Waals surface area contributed by atoms with Crippen LogP contribution in [-0.4, -0.2) is 31.7 Å². The smallest absolute Gasteiger partial charge is 0.323 e. The molecular weight excluding hydrogens is 332 g/mol. The molecule has 7 nitrogen and oxygen atoms in total. The number of carboxylic acid groups (broad SMARTS) is 2. The molecule has 0 saturated heterocycles. The van der Waals surface area contributed by atoms with Gasteiger partial charge in [0.1, 0.15) is 17.2 Å². The highest BCUT2D eigenvalue weighted by molar-refractivity contribution is 7.18. The van der Waals surface area contributed by atoms with Crippen molar-refractivity contribution in [2.24, 2.45) is 0 Å². The summed E-state index contributed by atoms with van der Waals surface area (Å²) in [6.45, 7) is 3.22. The van der Waals surface area contributed by atoms with Gasteiger partial charge in [-0.25, -0.2) is 4.98 Å². The van der Waals surface area contributed by atoms with E-state index in [0.717, 1.165) is 22.3 Å². The van der Waals surface area contributed by atoms with Crippen molar-refractivity contribution in [3.8, 4) is 0 Å². The van der Waals surface area contributed by atoms with Gasteiger partial charge in [-0.1, -0.05) is 13.8 Å². The summed E-state index contributed by atoms with van der Waals surface area (Å²) in [7, 11) is 0. The minimum Gasteiger partial charge on any atom is -0.481 e. The monoisotopic (exact) mass is 350 g/mol. The lowest BCUT2D eigenvalue weighted by atomic mass is 9.86. The molecule has 0 fully saturated rings. The summed E-state index contributed by atoms with van der Waals surface area (Å²) in [6, 6.07) is 0. The van der Waals surface area contributed by atoms with E-state index in [9.17, 15) is 19.5 Å². The number of aryl methyl sites for hydroxylation is 1. The predicted octanol–water partition coefficient (Wildman–Crippen LogP) is 2.17.